The van der Waals surface area contributed by atoms with Crippen molar-refractivity contribution in [1.82, 2.24) is 10.2 Å². The number of carbonyl (C=O) groups excluding carboxylic acids is 3. The number of nitrogens with zero attached hydrogens (tertiary/aromatic N) is 2. The zero-order valence-corrected chi connectivity index (χ0v) is 23.1. The molecule has 3 heterocycles. The number of esters is 1. The van der Waals surface area contributed by atoms with Gasteiger partial charge < -0.3 is 19.7 Å². The van der Waals surface area contributed by atoms with Crippen molar-refractivity contribution < 1.29 is 33.1 Å². The SMILES string of the molecule is COC(=O)c1c(NC(=O)CCSc2c(=O)o[nH][n+]2-c2ccccc2)sc2c1CCN(C(=O)OC(C)(C)C)C2. The number of H-pyrrole nitrogens is 1. The molecule has 1 aliphatic heterocycles. The van der Waals surface area contributed by atoms with Gasteiger partial charge in [-0.3, -0.25) is 9.32 Å². The Morgan fingerprint density at radius 1 is 1.24 bits per heavy atom. The van der Waals surface area contributed by atoms with E-state index in [2.05, 4.69) is 10.6 Å². The number of thiophene rings is 1. The van der Waals surface area contributed by atoms with Crippen molar-refractivity contribution in [3.05, 3.63) is 56.8 Å². The van der Waals surface area contributed by atoms with E-state index in [1.54, 1.807) is 25.7 Å². The van der Waals surface area contributed by atoms with Crippen molar-refractivity contribution in [2.75, 3.05) is 24.7 Å². The topological polar surface area (TPSA) is 135 Å². The number of aromatic nitrogens is 2. The first kappa shape index (κ1) is 27.5. The second-order valence-electron chi connectivity index (χ2n) is 9.45. The van der Waals surface area contributed by atoms with Crippen LogP contribution in [0.25, 0.3) is 5.69 Å². The highest BCUT2D eigenvalue weighted by Crippen LogP contribution is 2.38. The quantitative estimate of drug-likeness (QED) is 0.254. The van der Waals surface area contributed by atoms with Crippen LogP contribution in [-0.2, 0) is 27.2 Å². The molecule has 13 heteroatoms. The molecular weight excluding hydrogens is 532 g/mol. The molecule has 38 heavy (non-hydrogen) atoms. The van der Waals surface area contributed by atoms with Crippen molar-refractivity contribution in [3.8, 4) is 5.69 Å². The highest BCUT2D eigenvalue weighted by atomic mass is 32.2. The fourth-order valence-corrected chi connectivity index (χ4v) is 6.04. The van der Waals surface area contributed by atoms with E-state index >= 15 is 0 Å². The van der Waals surface area contributed by atoms with Crippen LogP contribution in [0.4, 0.5) is 9.80 Å². The summed E-state index contributed by atoms with van der Waals surface area (Å²) in [7, 11) is 1.29. The molecule has 202 valence electrons. The van der Waals surface area contributed by atoms with Gasteiger partial charge in [0.25, 0.3) is 0 Å². The molecule has 4 rings (SSSR count). The lowest BCUT2D eigenvalue weighted by Crippen LogP contribution is -2.39. The monoisotopic (exact) mass is 561 g/mol. The third-order valence-electron chi connectivity index (χ3n) is 5.54. The molecule has 0 bridgehead atoms. The third-order valence-corrected chi connectivity index (χ3v) is 7.70. The Morgan fingerprint density at radius 2 is 1.97 bits per heavy atom. The van der Waals surface area contributed by atoms with Crippen molar-refractivity contribution >= 4 is 46.1 Å². The second kappa shape index (κ2) is 11.4. The van der Waals surface area contributed by atoms with Gasteiger partial charge in [0.15, 0.2) is 0 Å². The number of fused-ring (bicyclic) bond motifs is 1. The van der Waals surface area contributed by atoms with E-state index in [0.29, 0.717) is 34.3 Å². The number of thioether (sulfide) groups is 1. The van der Waals surface area contributed by atoms with E-state index in [0.717, 1.165) is 16.1 Å². The number of methoxy groups -OCH3 is 1. The molecule has 0 aliphatic carbocycles. The van der Waals surface area contributed by atoms with Crippen molar-refractivity contribution in [3.63, 3.8) is 0 Å². The number of hydrogen-bond acceptors (Lipinski definition) is 9. The lowest BCUT2D eigenvalue weighted by Gasteiger charge is -2.30. The number of para-hydroxylation sites is 1. The van der Waals surface area contributed by atoms with Gasteiger partial charge in [0.2, 0.25) is 11.6 Å². The molecule has 2 aromatic heterocycles. The molecule has 2 N–H and O–H groups in total. The normalized spacial score (nSPS) is 13.1. The highest BCUT2D eigenvalue weighted by Gasteiger charge is 2.32. The van der Waals surface area contributed by atoms with E-state index < -0.39 is 23.3 Å². The summed E-state index contributed by atoms with van der Waals surface area (Å²) in [5.74, 6) is -0.574. The largest absolute Gasteiger partial charge is 0.465 e. The van der Waals surface area contributed by atoms with Crippen LogP contribution in [0.1, 0.15) is 48.0 Å². The fourth-order valence-electron chi connectivity index (χ4n) is 3.86. The molecule has 0 saturated carbocycles. The molecular formula is C25H29N4O7S2+. The first-order chi connectivity index (χ1) is 18.1. The van der Waals surface area contributed by atoms with E-state index in [1.807, 2.05) is 30.3 Å². The summed E-state index contributed by atoms with van der Waals surface area (Å²) in [4.78, 5) is 52.5. The van der Waals surface area contributed by atoms with Crippen molar-refractivity contribution in [2.24, 2.45) is 0 Å². The smallest absolute Gasteiger partial charge is 0.442 e. The summed E-state index contributed by atoms with van der Waals surface area (Å²) in [6.07, 6.45) is 0.0853. The minimum atomic E-state index is -0.622. The number of ether oxygens (including phenoxy) is 2. The maximum absolute atomic E-state index is 12.8. The molecule has 0 atom stereocenters. The summed E-state index contributed by atoms with van der Waals surface area (Å²) in [6, 6.07) is 9.17. The lowest BCUT2D eigenvalue weighted by atomic mass is 10.0. The van der Waals surface area contributed by atoms with Gasteiger partial charge in [-0.05, 0) is 54.5 Å². The molecule has 1 aliphatic rings. The Hall–Kier alpha value is -3.58. The van der Waals surface area contributed by atoms with Gasteiger partial charge in [-0.25, -0.2) is 14.4 Å². The predicted molar refractivity (Wildman–Crippen MR) is 141 cm³/mol. The summed E-state index contributed by atoms with van der Waals surface area (Å²) in [6.45, 7) is 6.06. The first-order valence-corrected chi connectivity index (χ1v) is 13.7. The number of nitrogens with one attached hydrogen (secondary N) is 2. The van der Waals surface area contributed by atoms with Crippen LogP contribution in [0.2, 0.25) is 0 Å². The van der Waals surface area contributed by atoms with Crippen molar-refractivity contribution in [1.29, 1.82) is 0 Å². The molecule has 0 radical (unpaired) electrons. The average Bonchev–Trinajstić information content (AvgIpc) is 3.42. The molecule has 0 unspecified atom stereocenters. The Bertz CT molecular complexity index is 1390. The van der Waals surface area contributed by atoms with Gasteiger partial charge in [0.1, 0.15) is 10.6 Å². The molecule has 2 amide bonds. The van der Waals surface area contributed by atoms with Crippen LogP contribution in [0.15, 0.2) is 44.7 Å². The van der Waals surface area contributed by atoms with Gasteiger partial charge in [-0.2, -0.15) is 0 Å². The Morgan fingerprint density at radius 3 is 2.66 bits per heavy atom. The fraction of sp³-hybridized carbons (Fsp3) is 0.400. The van der Waals surface area contributed by atoms with E-state index in [4.69, 9.17) is 14.0 Å². The van der Waals surface area contributed by atoms with Crippen LogP contribution in [0, 0.1) is 0 Å². The van der Waals surface area contributed by atoms with Gasteiger partial charge in [-0.15, -0.1) is 11.3 Å². The number of carbonyl (C=O) groups is 3. The van der Waals surface area contributed by atoms with Crippen LogP contribution < -0.4 is 15.6 Å². The summed E-state index contributed by atoms with van der Waals surface area (Å²) in [5.41, 5.74) is 0.638. The molecule has 3 aromatic rings. The maximum atomic E-state index is 12.8. The number of amides is 2. The van der Waals surface area contributed by atoms with Gasteiger partial charge in [0.05, 0.1) is 19.2 Å². The summed E-state index contributed by atoms with van der Waals surface area (Å²) in [5, 5.41) is 6.08. The average molecular weight is 562 g/mol. The number of rotatable bonds is 7. The van der Waals surface area contributed by atoms with Crippen molar-refractivity contribution in [2.45, 2.75) is 50.8 Å². The van der Waals surface area contributed by atoms with Crippen LogP contribution in [0.5, 0.6) is 0 Å². The van der Waals surface area contributed by atoms with Crippen LogP contribution in [-0.4, -0.2) is 53.1 Å². The minimum Gasteiger partial charge on any atom is -0.465 e. The molecule has 1 aromatic carbocycles. The third kappa shape index (κ3) is 6.27. The van der Waals surface area contributed by atoms with Gasteiger partial charge >= 0.3 is 22.7 Å². The molecule has 0 fully saturated rings. The Kier molecular flexibility index (Phi) is 8.26. The van der Waals surface area contributed by atoms with Gasteiger partial charge in [-0.1, -0.05) is 18.2 Å². The molecule has 11 nitrogen and oxygen atoms in total. The van der Waals surface area contributed by atoms with Crippen LogP contribution >= 0.6 is 23.1 Å². The first-order valence-electron chi connectivity index (χ1n) is 11.9. The maximum Gasteiger partial charge on any atom is 0.442 e. The zero-order chi connectivity index (χ0) is 27.4. The Labute approximate surface area is 227 Å². The molecule has 0 saturated heterocycles. The number of benzene rings is 1. The zero-order valence-electron chi connectivity index (χ0n) is 21.5. The standard InChI is InChI=1S/C25H28N4O7S2/c1-25(2,3)35-24(33)28-12-10-16-17(14-28)38-20(19(16)22(31)34-4)26-18(30)11-13-37-21-23(32)36-27-29(21)15-8-6-5-7-9-15/h5-9H,10-14H2,1-4H3,(H-,26,27,30,31,32)/p+1. The summed E-state index contributed by atoms with van der Waals surface area (Å²) < 4.78 is 16.9. The number of aromatic amines is 1. The number of hydrogen-bond donors (Lipinski definition) is 2. The Balaban J connectivity index is 1.44. The van der Waals surface area contributed by atoms with E-state index in [-0.39, 0.29) is 18.9 Å². The lowest BCUT2D eigenvalue weighted by molar-refractivity contribution is -0.704. The molecule has 0 spiro atoms. The minimum absolute atomic E-state index is 0.0806. The van der Waals surface area contributed by atoms with E-state index in [9.17, 15) is 19.2 Å². The van der Waals surface area contributed by atoms with Crippen LogP contribution in [0.3, 0.4) is 0 Å². The second-order valence-corrected chi connectivity index (χ2v) is 11.6. The highest BCUT2D eigenvalue weighted by molar-refractivity contribution is 7.99. The number of anilines is 1. The van der Waals surface area contributed by atoms with E-state index in [1.165, 1.54) is 34.9 Å². The predicted octanol–water partition coefficient (Wildman–Crippen LogP) is 3.51. The van der Waals surface area contributed by atoms with Gasteiger partial charge in [0, 0.05) is 35.7 Å². The summed E-state index contributed by atoms with van der Waals surface area (Å²) >= 11 is 2.43.